The molecule has 88 valence electrons. The summed E-state index contributed by atoms with van der Waals surface area (Å²) in [4.78, 5) is 1.31. The average Bonchev–Trinajstić information content (AvgIpc) is 2.70. The molecule has 0 aliphatic rings. The van der Waals surface area contributed by atoms with Crippen LogP contribution in [-0.2, 0) is 0 Å². The summed E-state index contributed by atoms with van der Waals surface area (Å²) in [5.74, 6) is 0. The Morgan fingerprint density at radius 3 is 1.62 bits per heavy atom. The first-order valence-electron chi connectivity index (χ1n) is 4.83. The average molecular weight is 293 g/mol. The summed E-state index contributed by atoms with van der Waals surface area (Å²) >= 11 is 14.8. The molecule has 0 aliphatic carbocycles. The Balaban J connectivity index is 0.000000160. The molecule has 0 saturated carbocycles. The number of rotatable bonds is 0. The minimum Gasteiger partial charge on any atom is -0.147 e. The Kier molecular flexibility index (Phi) is 5.32. The molecule has 0 radical (unpaired) electrons. The number of hydrogen-bond donors (Lipinski definition) is 0. The second-order valence-corrected chi connectivity index (χ2v) is 6.55. The van der Waals surface area contributed by atoms with Gasteiger partial charge in [0.15, 0.2) is 0 Å². The second-order valence-electron chi connectivity index (χ2n) is 3.58. The molecule has 0 fully saturated rings. The standard InChI is InChI=1S/2C6H7ClS/c1-4-5(2)8-3-6(4)7;1-4-3-8-6(7)5(4)2/h2*3H,1-2H3. The van der Waals surface area contributed by atoms with Gasteiger partial charge in [-0.2, -0.15) is 0 Å². The summed E-state index contributed by atoms with van der Waals surface area (Å²) in [6.45, 7) is 8.21. The van der Waals surface area contributed by atoms with E-state index in [4.69, 9.17) is 23.2 Å². The van der Waals surface area contributed by atoms with Crippen molar-refractivity contribution in [3.63, 3.8) is 0 Å². The number of halogens is 2. The van der Waals surface area contributed by atoms with Gasteiger partial charge >= 0.3 is 0 Å². The molecule has 16 heavy (non-hydrogen) atoms. The zero-order chi connectivity index (χ0) is 12.3. The molecular formula is C12H14Cl2S2. The van der Waals surface area contributed by atoms with Crippen molar-refractivity contribution in [3.05, 3.63) is 41.7 Å². The fourth-order valence-corrected chi connectivity index (χ4v) is 3.11. The molecule has 0 bridgehead atoms. The highest BCUT2D eigenvalue weighted by molar-refractivity contribution is 7.14. The van der Waals surface area contributed by atoms with Crippen LogP contribution in [0.3, 0.4) is 0 Å². The predicted molar refractivity (Wildman–Crippen MR) is 77.6 cm³/mol. The third-order valence-corrected chi connectivity index (χ3v) is 5.52. The van der Waals surface area contributed by atoms with Crippen LogP contribution in [0.25, 0.3) is 0 Å². The van der Waals surface area contributed by atoms with Crippen LogP contribution >= 0.6 is 45.9 Å². The monoisotopic (exact) mass is 292 g/mol. The highest BCUT2D eigenvalue weighted by Crippen LogP contribution is 2.25. The Labute approximate surface area is 115 Å². The molecule has 0 amide bonds. The molecule has 2 aromatic rings. The summed E-state index contributed by atoms with van der Waals surface area (Å²) in [6, 6.07) is 0. The SMILES string of the molecule is Cc1csc(Cl)c1C.Cc1scc(Cl)c1C. The summed E-state index contributed by atoms with van der Waals surface area (Å²) in [5, 5.41) is 4.93. The maximum absolute atomic E-state index is 5.75. The predicted octanol–water partition coefficient (Wildman–Crippen LogP) is 6.04. The van der Waals surface area contributed by atoms with E-state index in [1.54, 1.807) is 22.7 Å². The van der Waals surface area contributed by atoms with Crippen LogP contribution in [0, 0.1) is 27.7 Å². The molecule has 0 aromatic carbocycles. The van der Waals surface area contributed by atoms with E-state index in [9.17, 15) is 0 Å². The lowest BCUT2D eigenvalue weighted by atomic mass is 10.2. The van der Waals surface area contributed by atoms with Gasteiger partial charge in [-0.1, -0.05) is 23.2 Å². The van der Waals surface area contributed by atoms with E-state index in [-0.39, 0.29) is 0 Å². The fourth-order valence-electron chi connectivity index (χ4n) is 0.957. The molecule has 2 aromatic heterocycles. The van der Waals surface area contributed by atoms with Gasteiger partial charge in [0.25, 0.3) is 0 Å². The molecule has 0 spiro atoms. The molecule has 0 atom stereocenters. The molecule has 2 heterocycles. The lowest BCUT2D eigenvalue weighted by Gasteiger charge is -1.84. The first kappa shape index (κ1) is 14.0. The fraction of sp³-hybridized carbons (Fsp3) is 0.333. The van der Waals surface area contributed by atoms with E-state index in [2.05, 4.69) is 19.2 Å². The van der Waals surface area contributed by atoms with Crippen molar-refractivity contribution in [2.45, 2.75) is 27.7 Å². The van der Waals surface area contributed by atoms with Crippen molar-refractivity contribution in [3.8, 4) is 0 Å². The van der Waals surface area contributed by atoms with Gasteiger partial charge in [-0.05, 0) is 49.8 Å². The quantitative estimate of drug-likeness (QED) is 0.555. The Morgan fingerprint density at radius 2 is 1.50 bits per heavy atom. The van der Waals surface area contributed by atoms with Crippen molar-refractivity contribution in [1.29, 1.82) is 0 Å². The molecule has 0 unspecified atom stereocenters. The molecule has 0 aliphatic heterocycles. The van der Waals surface area contributed by atoms with Crippen LogP contribution in [0.2, 0.25) is 9.36 Å². The van der Waals surface area contributed by atoms with Crippen molar-refractivity contribution < 1.29 is 0 Å². The summed E-state index contributed by atoms with van der Waals surface area (Å²) in [5.41, 5.74) is 3.73. The molecule has 0 N–H and O–H groups in total. The second kappa shape index (κ2) is 6.06. The van der Waals surface area contributed by atoms with Crippen LogP contribution in [0.4, 0.5) is 0 Å². The topological polar surface area (TPSA) is 0 Å². The Bertz CT molecular complexity index is 386. The van der Waals surface area contributed by atoms with Crippen molar-refractivity contribution in [1.82, 2.24) is 0 Å². The van der Waals surface area contributed by atoms with Crippen molar-refractivity contribution in [2.24, 2.45) is 0 Å². The third-order valence-electron chi connectivity index (χ3n) is 2.45. The van der Waals surface area contributed by atoms with E-state index < -0.39 is 0 Å². The summed E-state index contributed by atoms with van der Waals surface area (Å²) in [6.07, 6.45) is 0. The van der Waals surface area contributed by atoms with Gasteiger partial charge in [-0.15, -0.1) is 22.7 Å². The highest BCUT2D eigenvalue weighted by Gasteiger charge is 1.98. The van der Waals surface area contributed by atoms with Crippen molar-refractivity contribution >= 4 is 45.9 Å². The lowest BCUT2D eigenvalue weighted by Crippen LogP contribution is -1.66. The first-order valence-corrected chi connectivity index (χ1v) is 7.35. The van der Waals surface area contributed by atoms with E-state index in [1.807, 2.05) is 19.2 Å². The van der Waals surface area contributed by atoms with Gasteiger partial charge in [0.2, 0.25) is 0 Å². The van der Waals surface area contributed by atoms with Crippen LogP contribution in [0.5, 0.6) is 0 Å². The van der Waals surface area contributed by atoms with Crippen molar-refractivity contribution in [2.75, 3.05) is 0 Å². The normalized spacial score (nSPS) is 9.88. The maximum atomic E-state index is 5.75. The molecular weight excluding hydrogens is 279 g/mol. The van der Waals surface area contributed by atoms with Crippen LogP contribution in [0.1, 0.15) is 21.6 Å². The van der Waals surface area contributed by atoms with Crippen LogP contribution in [0.15, 0.2) is 10.8 Å². The van der Waals surface area contributed by atoms with E-state index in [0.717, 1.165) is 9.36 Å². The minimum absolute atomic E-state index is 0.896. The van der Waals surface area contributed by atoms with Gasteiger partial charge in [0.1, 0.15) is 0 Å². The van der Waals surface area contributed by atoms with Gasteiger partial charge < -0.3 is 0 Å². The largest absolute Gasteiger partial charge is 0.147 e. The zero-order valence-corrected chi connectivity index (χ0v) is 12.9. The van der Waals surface area contributed by atoms with Gasteiger partial charge in [-0.3, -0.25) is 0 Å². The zero-order valence-electron chi connectivity index (χ0n) is 9.73. The maximum Gasteiger partial charge on any atom is 0.0960 e. The summed E-state index contributed by atoms with van der Waals surface area (Å²) < 4.78 is 0.919. The Morgan fingerprint density at radius 1 is 0.875 bits per heavy atom. The third kappa shape index (κ3) is 3.49. The first-order chi connectivity index (χ1) is 7.43. The smallest absolute Gasteiger partial charge is 0.0960 e. The molecule has 0 nitrogen and oxygen atoms in total. The summed E-state index contributed by atoms with van der Waals surface area (Å²) in [7, 11) is 0. The lowest BCUT2D eigenvalue weighted by molar-refractivity contribution is 1.41. The van der Waals surface area contributed by atoms with E-state index >= 15 is 0 Å². The minimum atomic E-state index is 0.896. The number of hydrogen-bond acceptors (Lipinski definition) is 2. The van der Waals surface area contributed by atoms with Gasteiger partial charge in [0, 0.05) is 10.3 Å². The van der Waals surface area contributed by atoms with Gasteiger partial charge in [-0.25, -0.2) is 0 Å². The van der Waals surface area contributed by atoms with E-state index in [1.165, 1.54) is 21.6 Å². The Hall–Kier alpha value is -0.0200. The highest BCUT2D eigenvalue weighted by atomic mass is 35.5. The van der Waals surface area contributed by atoms with Crippen LogP contribution < -0.4 is 0 Å². The molecule has 4 heteroatoms. The van der Waals surface area contributed by atoms with Crippen LogP contribution in [-0.4, -0.2) is 0 Å². The number of thiophene rings is 2. The van der Waals surface area contributed by atoms with E-state index in [0.29, 0.717) is 0 Å². The van der Waals surface area contributed by atoms with Gasteiger partial charge in [0.05, 0.1) is 9.36 Å². The number of aryl methyl sites for hydroxylation is 2. The molecule has 2 rings (SSSR count). The molecule has 0 saturated heterocycles.